The number of carbonyl (C=O) groups excluding carboxylic acids is 2. The molecule has 220 valence electrons. The van der Waals surface area contributed by atoms with Gasteiger partial charge in [0.1, 0.15) is 24.2 Å². The van der Waals surface area contributed by atoms with Crippen LogP contribution in [0.4, 0.5) is 10.1 Å². The van der Waals surface area contributed by atoms with E-state index in [-0.39, 0.29) is 24.6 Å². The van der Waals surface area contributed by atoms with Gasteiger partial charge >= 0.3 is 10.2 Å². The van der Waals surface area contributed by atoms with Gasteiger partial charge in [0, 0.05) is 33.6 Å². The number of nitrogens with one attached hydrogen (secondary N) is 1. The highest BCUT2D eigenvalue weighted by atomic mass is 32.2. The standard InChI is InChI=1S/C30H37FN4O5S/c1-5-18-32-30(37)28(20-23-12-7-6-8-13-23)34(21-24-14-11-15-25(19-24)40-4)29(36)22-35(41(38,39)33(2)3)27-17-10-9-16-26(27)31/h6-17,19,28H,5,18,20-22H2,1-4H3,(H,32,37)/t28-/m0/s1. The third-order valence-corrected chi connectivity index (χ3v) is 8.25. The van der Waals surface area contributed by atoms with E-state index >= 15 is 0 Å². The Labute approximate surface area is 241 Å². The topological polar surface area (TPSA) is 99.3 Å². The first kappa shape index (κ1) is 31.6. The van der Waals surface area contributed by atoms with Crippen LogP contribution in [0.25, 0.3) is 0 Å². The summed E-state index contributed by atoms with van der Waals surface area (Å²) in [5.74, 6) is -1.28. The van der Waals surface area contributed by atoms with Crippen molar-refractivity contribution in [3.63, 3.8) is 0 Å². The third-order valence-electron chi connectivity index (χ3n) is 6.45. The summed E-state index contributed by atoms with van der Waals surface area (Å²) >= 11 is 0. The lowest BCUT2D eigenvalue weighted by molar-refractivity contribution is -0.140. The van der Waals surface area contributed by atoms with E-state index in [1.54, 1.807) is 24.3 Å². The van der Waals surface area contributed by atoms with E-state index in [0.29, 0.717) is 24.3 Å². The Hall–Kier alpha value is -3.96. The summed E-state index contributed by atoms with van der Waals surface area (Å²) in [5.41, 5.74) is 1.22. The van der Waals surface area contributed by atoms with Crippen LogP contribution in [0.15, 0.2) is 78.9 Å². The van der Waals surface area contributed by atoms with Gasteiger partial charge in [-0.15, -0.1) is 0 Å². The number of amides is 2. The first-order chi connectivity index (χ1) is 19.6. The van der Waals surface area contributed by atoms with Gasteiger partial charge < -0.3 is 15.0 Å². The second-order valence-corrected chi connectivity index (χ2v) is 11.7. The molecule has 0 aliphatic rings. The maximum absolute atomic E-state index is 14.9. The van der Waals surface area contributed by atoms with Crippen LogP contribution in [0, 0.1) is 5.82 Å². The SMILES string of the molecule is CCCNC(=O)[C@H](Cc1ccccc1)N(Cc1cccc(OC)c1)C(=O)CN(c1ccccc1F)S(=O)(=O)N(C)C. The number of methoxy groups -OCH3 is 1. The molecular weight excluding hydrogens is 547 g/mol. The molecule has 0 bridgehead atoms. The molecule has 1 atom stereocenters. The minimum Gasteiger partial charge on any atom is -0.497 e. The maximum Gasteiger partial charge on any atom is 0.304 e. The number of ether oxygens (including phenoxy) is 1. The van der Waals surface area contributed by atoms with Gasteiger partial charge in [-0.25, -0.2) is 8.70 Å². The molecule has 0 fully saturated rings. The second kappa shape index (κ2) is 14.6. The molecule has 0 heterocycles. The van der Waals surface area contributed by atoms with Crippen LogP contribution >= 0.6 is 0 Å². The van der Waals surface area contributed by atoms with E-state index in [0.717, 1.165) is 20.2 Å². The average Bonchev–Trinajstić information content (AvgIpc) is 2.97. The number of rotatable bonds is 14. The van der Waals surface area contributed by atoms with Gasteiger partial charge in [-0.2, -0.15) is 12.7 Å². The van der Waals surface area contributed by atoms with Crippen molar-refractivity contribution >= 4 is 27.7 Å². The van der Waals surface area contributed by atoms with Crippen LogP contribution in [0.2, 0.25) is 0 Å². The van der Waals surface area contributed by atoms with Gasteiger partial charge in [-0.1, -0.05) is 61.5 Å². The van der Waals surface area contributed by atoms with Crippen molar-refractivity contribution in [3.8, 4) is 5.75 Å². The van der Waals surface area contributed by atoms with Gasteiger partial charge in [0.15, 0.2) is 0 Å². The highest BCUT2D eigenvalue weighted by Crippen LogP contribution is 2.25. The van der Waals surface area contributed by atoms with Crippen LogP contribution in [0.5, 0.6) is 5.75 Å². The number of hydrogen-bond donors (Lipinski definition) is 1. The van der Waals surface area contributed by atoms with Crippen LogP contribution in [0.1, 0.15) is 24.5 Å². The molecule has 11 heteroatoms. The number of carbonyl (C=O) groups is 2. The smallest absolute Gasteiger partial charge is 0.304 e. The number of anilines is 1. The molecule has 3 aromatic rings. The van der Waals surface area contributed by atoms with Crippen molar-refractivity contribution in [1.82, 2.24) is 14.5 Å². The molecule has 2 amide bonds. The Bertz CT molecular complexity index is 1420. The molecule has 0 spiro atoms. The third kappa shape index (κ3) is 8.27. The number of benzene rings is 3. The summed E-state index contributed by atoms with van der Waals surface area (Å²) in [7, 11) is -0.155. The summed E-state index contributed by atoms with van der Waals surface area (Å²) in [6.07, 6.45) is 0.877. The van der Waals surface area contributed by atoms with E-state index < -0.39 is 34.5 Å². The van der Waals surface area contributed by atoms with E-state index in [2.05, 4.69) is 5.32 Å². The normalized spacial score (nSPS) is 12.0. The van der Waals surface area contributed by atoms with Crippen molar-refractivity contribution in [1.29, 1.82) is 0 Å². The predicted octanol–water partition coefficient (Wildman–Crippen LogP) is 3.61. The largest absolute Gasteiger partial charge is 0.497 e. The minimum atomic E-state index is -4.29. The van der Waals surface area contributed by atoms with E-state index in [1.807, 2.05) is 37.3 Å². The lowest BCUT2D eigenvalue weighted by atomic mass is 10.0. The first-order valence-electron chi connectivity index (χ1n) is 13.3. The fourth-order valence-electron chi connectivity index (χ4n) is 4.24. The number of halogens is 1. The second-order valence-electron chi connectivity index (χ2n) is 9.62. The Kier molecular flexibility index (Phi) is 11.2. The maximum atomic E-state index is 14.9. The van der Waals surface area contributed by atoms with Crippen molar-refractivity contribution in [3.05, 3.63) is 95.8 Å². The van der Waals surface area contributed by atoms with Crippen molar-refractivity contribution in [2.24, 2.45) is 0 Å². The van der Waals surface area contributed by atoms with Crippen molar-refractivity contribution in [2.75, 3.05) is 38.6 Å². The molecule has 0 unspecified atom stereocenters. The number of para-hydroxylation sites is 1. The van der Waals surface area contributed by atoms with Gasteiger partial charge in [-0.3, -0.25) is 9.59 Å². The zero-order valence-corrected chi connectivity index (χ0v) is 24.6. The molecule has 0 aliphatic carbocycles. The zero-order chi connectivity index (χ0) is 30.0. The Morgan fingerprint density at radius 3 is 2.24 bits per heavy atom. The summed E-state index contributed by atoms with van der Waals surface area (Å²) in [6, 6.07) is 20.7. The molecule has 3 rings (SSSR count). The fourth-order valence-corrected chi connectivity index (χ4v) is 5.31. The summed E-state index contributed by atoms with van der Waals surface area (Å²) in [4.78, 5) is 29.0. The average molecular weight is 585 g/mol. The highest BCUT2D eigenvalue weighted by Gasteiger charge is 2.35. The van der Waals surface area contributed by atoms with Crippen molar-refractivity contribution in [2.45, 2.75) is 32.4 Å². The quantitative estimate of drug-likeness (QED) is 0.312. The first-order valence-corrected chi connectivity index (χ1v) is 14.7. The predicted molar refractivity (Wildman–Crippen MR) is 157 cm³/mol. The molecular formula is C30H37FN4O5S. The molecule has 0 saturated heterocycles. The monoisotopic (exact) mass is 584 g/mol. The van der Waals surface area contributed by atoms with Crippen LogP contribution in [-0.4, -0.2) is 69.8 Å². The molecule has 0 saturated carbocycles. The fraction of sp³-hybridized carbons (Fsp3) is 0.333. The lowest BCUT2D eigenvalue weighted by Gasteiger charge is -2.34. The molecule has 3 aromatic carbocycles. The number of nitrogens with zero attached hydrogens (tertiary/aromatic N) is 3. The van der Waals surface area contributed by atoms with Crippen molar-refractivity contribution < 1.29 is 27.1 Å². The lowest BCUT2D eigenvalue weighted by Crippen LogP contribution is -2.54. The Morgan fingerprint density at radius 1 is 0.951 bits per heavy atom. The van der Waals surface area contributed by atoms with Gasteiger partial charge in [-0.05, 0) is 41.8 Å². The van der Waals surface area contributed by atoms with E-state index in [1.165, 1.54) is 44.3 Å². The van der Waals surface area contributed by atoms with Crippen LogP contribution in [-0.2, 0) is 32.8 Å². The molecule has 0 radical (unpaired) electrons. The molecule has 41 heavy (non-hydrogen) atoms. The molecule has 0 aliphatic heterocycles. The minimum absolute atomic E-state index is 0.0137. The van der Waals surface area contributed by atoms with Crippen LogP contribution in [0.3, 0.4) is 0 Å². The molecule has 1 N–H and O–H groups in total. The summed E-state index contributed by atoms with van der Waals surface area (Å²) in [6.45, 7) is 1.59. The van der Waals surface area contributed by atoms with Crippen LogP contribution < -0.4 is 14.4 Å². The molecule has 0 aromatic heterocycles. The summed E-state index contributed by atoms with van der Waals surface area (Å²) < 4.78 is 48.6. The van der Waals surface area contributed by atoms with Gasteiger partial charge in [0.2, 0.25) is 11.8 Å². The van der Waals surface area contributed by atoms with E-state index in [4.69, 9.17) is 4.74 Å². The zero-order valence-electron chi connectivity index (χ0n) is 23.8. The summed E-state index contributed by atoms with van der Waals surface area (Å²) in [5, 5.41) is 2.88. The van der Waals surface area contributed by atoms with Gasteiger partial charge in [0.25, 0.3) is 0 Å². The van der Waals surface area contributed by atoms with Gasteiger partial charge in [0.05, 0.1) is 12.8 Å². The highest BCUT2D eigenvalue weighted by molar-refractivity contribution is 7.90. The van der Waals surface area contributed by atoms with E-state index in [9.17, 15) is 22.4 Å². The number of hydrogen-bond acceptors (Lipinski definition) is 5. The Balaban J connectivity index is 2.10. The Morgan fingerprint density at radius 2 is 1.61 bits per heavy atom. The molecule has 9 nitrogen and oxygen atoms in total.